The molecule has 0 atom stereocenters. The van der Waals surface area contributed by atoms with Gasteiger partial charge in [0.25, 0.3) is 0 Å². The lowest BCUT2D eigenvalue weighted by atomic mass is 9.94. The highest BCUT2D eigenvalue weighted by molar-refractivity contribution is 5.76. The van der Waals surface area contributed by atoms with Gasteiger partial charge in [-0.05, 0) is 5.56 Å². The summed E-state index contributed by atoms with van der Waals surface area (Å²) in [5, 5.41) is 2.87. The van der Waals surface area contributed by atoms with E-state index in [-0.39, 0.29) is 11.3 Å². The van der Waals surface area contributed by atoms with Gasteiger partial charge in [0.1, 0.15) is 5.76 Å². The van der Waals surface area contributed by atoms with Gasteiger partial charge in [-0.3, -0.25) is 4.79 Å². The number of aromatic nitrogens is 1. The Morgan fingerprint density at radius 3 is 2.65 bits per heavy atom. The number of nitrogens with one attached hydrogen (secondary N) is 1. The summed E-state index contributed by atoms with van der Waals surface area (Å²) in [5.41, 5.74) is 1.06. The van der Waals surface area contributed by atoms with Crippen molar-refractivity contribution in [1.82, 2.24) is 10.3 Å². The number of oxazole rings is 1. The molecule has 1 heterocycles. The van der Waals surface area contributed by atoms with Gasteiger partial charge in [0, 0.05) is 24.8 Å². The highest BCUT2D eigenvalue weighted by atomic mass is 16.4. The fraction of sp³-hybridized carbons (Fsp3) is 0.368. The topological polar surface area (TPSA) is 55.1 Å². The fourth-order valence-corrected chi connectivity index (χ4v) is 2.01. The van der Waals surface area contributed by atoms with Crippen LogP contribution in [0.1, 0.15) is 44.4 Å². The third kappa shape index (κ3) is 5.74. The Bertz CT molecular complexity index is 652. The molecule has 0 unspecified atom stereocenters. The van der Waals surface area contributed by atoms with Crippen LogP contribution in [0.15, 0.2) is 47.0 Å². The van der Waals surface area contributed by atoms with E-state index in [1.54, 1.807) is 6.20 Å². The predicted molar refractivity (Wildman–Crippen MR) is 92.0 cm³/mol. The first kappa shape index (κ1) is 17.0. The molecule has 0 saturated carbocycles. The molecule has 4 heteroatoms. The molecule has 0 aliphatic heterocycles. The first-order valence-corrected chi connectivity index (χ1v) is 7.88. The molecule has 2 rings (SSSR count). The molecule has 0 spiro atoms. The van der Waals surface area contributed by atoms with Gasteiger partial charge in [0.15, 0.2) is 5.89 Å². The van der Waals surface area contributed by atoms with E-state index in [1.165, 1.54) is 0 Å². The van der Waals surface area contributed by atoms with Crippen LogP contribution >= 0.6 is 0 Å². The molecule has 2 aromatic rings. The Kier molecular flexibility index (Phi) is 5.74. The van der Waals surface area contributed by atoms with Crippen LogP contribution in [-0.2, 0) is 16.6 Å². The van der Waals surface area contributed by atoms with Crippen LogP contribution in [0.25, 0.3) is 6.08 Å². The van der Waals surface area contributed by atoms with E-state index >= 15 is 0 Å². The van der Waals surface area contributed by atoms with E-state index in [1.807, 2.05) is 42.5 Å². The average molecular weight is 312 g/mol. The monoisotopic (exact) mass is 312 g/mol. The van der Waals surface area contributed by atoms with Gasteiger partial charge in [-0.2, -0.15) is 0 Å². The Labute approximate surface area is 137 Å². The minimum Gasteiger partial charge on any atom is -0.445 e. The zero-order chi connectivity index (χ0) is 16.7. The molecule has 0 saturated heterocycles. The summed E-state index contributed by atoms with van der Waals surface area (Å²) >= 11 is 0. The largest absolute Gasteiger partial charge is 0.445 e. The van der Waals surface area contributed by atoms with Crippen molar-refractivity contribution >= 4 is 12.0 Å². The van der Waals surface area contributed by atoms with Gasteiger partial charge in [-0.15, -0.1) is 0 Å². The highest BCUT2D eigenvalue weighted by Crippen LogP contribution is 2.22. The van der Waals surface area contributed by atoms with E-state index in [9.17, 15) is 4.79 Å². The lowest BCUT2D eigenvalue weighted by Gasteiger charge is -2.13. The van der Waals surface area contributed by atoms with Crippen molar-refractivity contribution in [3.8, 4) is 0 Å². The fourth-order valence-electron chi connectivity index (χ4n) is 2.01. The lowest BCUT2D eigenvalue weighted by Crippen LogP contribution is -2.23. The molecule has 0 fully saturated rings. The molecule has 1 amide bonds. The smallest absolute Gasteiger partial charge is 0.220 e. The Morgan fingerprint density at radius 2 is 2.00 bits per heavy atom. The summed E-state index contributed by atoms with van der Waals surface area (Å²) in [7, 11) is 0. The molecule has 1 N–H and O–H groups in total. The number of amides is 1. The second-order valence-corrected chi connectivity index (χ2v) is 6.49. The van der Waals surface area contributed by atoms with Crippen LogP contribution in [0.3, 0.4) is 0 Å². The number of carbonyl (C=O) groups is 1. The van der Waals surface area contributed by atoms with Crippen molar-refractivity contribution in [3.63, 3.8) is 0 Å². The molecule has 0 aliphatic carbocycles. The number of hydrogen-bond donors (Lipinski definition) is 1. The third-order valence-corrected chi connectivity index (χ3v) is 3.39. The standard InChI is InChI=1S/C19H24N2O2/c1-19(2,3)16-14-21-18(23-16)12-11-17(22)20-13-7-10-15-8-5-4-6-9-15/h4-10,14H,11-13H2,1-3H3,(H,20,22). The van der Waals surface area contributed by atoms with Crippen LogP contribution < -0.4 is 5.32 Å². The minimum atomic E-state index is -0.0598. The van der Waals surface area contributed by atoms with Crippen molar-refractivity contribution in [3.05, 3.63) is 59.8 Å². The number of carbonyl (C=O) groups excluding carboxylic acids is 1. The van der Waals surface area contributed by atoms with Gasteiger partial charge >= 0.3 is 0 Å². The van der Waals surface area contributed by atoms with Crippen molar-refractivity contribution in [2.75, 3.05) is 6.54 Å². The van der Waals surface area contributed by atoms with Gasteiger partial charge in [-0.1, -0.05) is 63.3 Å². The second-order valence-electron chi connectivity index (χ2n) is 6.49. The Morgan fingerprint density at radius 1 is 1.26 bits per heavy atom. The summed E-state index contributed by atoms with van der Waals surface area (Å²) < 4.78 is 5.68. The summed E-state index contributed by atoms with van der Waals surface area (Å²) in [6.45, 7) is 6.74. The van der Waals surface area contributed by atoms with Crippen LogP contribution in [0.5, 0.6) is 0 Å². The number of benzene rings is 1. The van der Waals surface area contributed by atoms with E-state index in [0.29, 0.717) is 25.3 Å². The van der Waals surface area contributed by atoms with Gasteiger partial charge in [-0.25, -0.2) is 4.98 Å². The summed E-state index contributed by atoms with van der Waals surface area (Å²) in [5.74, 6) is 1.46. The van der Waals surface area contributed by atoms with Crippen LogP contribution in [-0.4, -0.2) is 17.4 Å². The second kappa shape index (κ2) is 7.77. The first-order chi connectivity index (χ1) is 10.9. The van der Waals surface area contributed by atoms with Crippen molar-refractivity contribution in [2.45, 2.75) is 39.0 Å². The quantitative estimate of drug-likeness (QED) is 0.884. The zero-order valence-corrected chi connectivity index (χ0v) is 14.0. The van der Waals surface area contributed by atoms with E-state index < -0.39 is 0 Å². The van der Waals surface area contributed by atoms with Gasteiger partial charge in [0.2, 0.25) is 5.91 Å². The Hall–Kier alpha value is -2.36. The molecule has 23 heavy (non-hydrogen) atoms. The van der Waals surface area contributed by atoms with E-state index in [0.717, 1.165) is 11.3 Å². The summed E-state index contributed by atoms with van der Waals surface area (Å²) in [4.78, 5) is 16.0. The SMILES string of the molecule is CC(C)(C)c1cnc(CCC(=O)NCC=Cc2ccccc2)o1. The van der Waals surface area contributed by atoms with E-state index in [2.05, 4.69) is 31.1 Å². The molecule has 4 nitrogen and oxygen atoms in total. The minimum absolute atomic E-state index is 0.00165. The van der Waals surface area contributed by atoms with Crippen molar-refractivity contribution < 1.29 is 9.21 Å². The maximum Gasteiger partial charge on any atom is 0.220 e. The van der Waals surface area contributed by atoms with Crippen molar-refractivity contribution in [2.24, 2.45) is 0 Å². The summed E-state index contributed by atoms with van der Waals surface area (Å²) in [6.07, 6.45) is 6.57. The number of rotatable bonds is 6. The predicted octanol–water partition coefficient (Wildman–Crippen LogP) is 3.73. The van der Waals surface area contributed by atoms with Crippen molar-refractivity contribution in [1.29, 1.82) is 0 Å². The molecule has 0 radical (unpaired) electrons. The molecule has 1 aromatic carbocycles. The molecule has 0 aliphatic rings. The number of hydrogen-bond acceptors (Lipinski definition) is 3. The van der Waals surface area contributed by atoms with Crippen LogP contribution in [0, 0.1) is 0 Å². The third-order valence-electron chi connectivity index (χ3n) is 3.39. The first-order valence-electron chi connectivity index (χ1n) is 7.88. The number of aryl methyl sites for hydroxylation is 1. The highest BCUT2D eigenvalue weighted by Gasteiger charge is 2.19. The molecule has 1 aromatic heterocycles. The van der Waals surface area contributed by atoms with Crippen LogP contribution in [0.4, 0.5) is 0 Å². The zero-order valence-electron chi connectivity index (χ0n) is 14.0. The van der Waals surface area contributed by atoms with Gasteiger partial charge < -0.3 is 9.73 Å². The maximum absolute atomic E-state index is 11.8. The average Bonchev–Trinajstić information content (AvgIpc) is 3.00. The number of nitrogens with zero attached hydrogens (tertiary/aromatic N) is 1. The molecular weight excluding hydrogens is 288 g/mol. The van der Waals surface area contributed by atoms with E-state index in [4.69, 9.17) is 4.42 Å². The summed E-state index contributed by atoms with van der Waals surface area (Å²) in [6, 6.07) is 10.00. The lowest BCUT2D eigenvalue weighted by molar-refractivity contribution is -0.120. The normalized spacial score (nSPS) is 11.8. The Balaban J connectivity index is 1.71. The van der Waals surface area contributed by atoms with Gasteiger partial charge in [0.05, 0.1) is 6.20 Å². The molecule has 0 bridgehead atoms. The maximum atomic E-state index is 11.8. The molecular formula is C19H24N2O2. The van der Waals surface area contributed by atoms with Crippen LogP contribution in [0.2, 0.25) is 0 Å². The molecule has 122 valence electrons.